The lowest BCUT2D eigenvalue weighted by Crippen LogP contribution is -2.41. The zero-order valence-corrected chi connectivity index (χ0v) is 23.0. The summed E-state index contributed by atoms with van der Waals surface area (Å²) in [6, 6.07) is 4.44. The number of hydrogen-bond acceptors (Lipinski definition) is 3. The highest BCUT2D eigenvalue weighted by atomic mass is 16.5. The van der Waals surface area contributed by atoms with Crippen LogP contribution in [0.4, 0.5) is 5.69 Å². The number of rotatable bonds is 5. The van der Waals surface area contributed by atoms with Crippen molar-refractivity contribution in [3.05, 3.63) is 53.8 Å². The van der Waals surface area contributed by atoms with Crippen LogP contribution in [0, 0.1) is 0 Å². The van der Waals surface area contributed by atoms with E-state index in [0.717, 1.165) is 47.8 Å². The molecule has 1 aromatic carbocycles. The minimum absolute atomic E-state index is 0.0765. The molecule has 1 aliphatic carbocycles. The van der Waals surface area contributed by atoms with Gasteiger partial charge in [-0.05, 0) is 63.9 Å². The minimum atomic E-state index is 0.0765. The van der Waals surface area contributed by atoms with Crippen molar-refractivity contribution in [2.45, 2.75) is 92.9 Å². The number of amidine groups is 1. The van der Waals surface area contributed by atoms with E-state index in [-0.39, 0.29) is 5.41 Å². The Morgan fingerprint density at radius 2 is 1.73 bits per heavy atom. The molecule has 0 bridgehead atoms. The minimum Gasteiger partial charge on any atom is -0.496 e. The van der Waals surface area contributed by atoms with Crippen LogP contribution in [0.1, 0.15) is 98.6 Å². The topological polar surface area (TPSA) is 45.6 Å². The average Bonchev–Trinajstić information content (AvgIpc) is 3.15. The van der Waals surface area contributed by atoms with E-state index < -0.39 is 0 Å². The standard InChI is InChI=1S/C22H31N3O.C3H8.C2H6.C2H4/c1-7-15(4)13-24-20(14(2)3)16-11-18-17(12-19(16)26-6)22(9-8-10-22)21(23-5)25-18;1-3-2;2*1-2/h11-13,24H,7-10H2,1-6H3,(H,23,25);3H2,1-2H3;1-2H3;1-2H2/b15-13+;;;. The maximum Gasteiger partial charge on any atom is 0.128 e. The van der Waals surface area contributed by atoms with E-state index in [1.807, 2.05) is 20.9 Å². The summed E-state index contributed by atoms with van der Waals surface area (Å²) in [5.74, 6) is 2.02. The van der Waals surface area contributed by atoms with Crippen molar-refractivity contribution >= 4 is 17.2 Å². The molecule has 4 nitrogen and oxygen atoms in total. The van der Waals surface area contributed by atoms with Gasteiger partial charge >= 0.3 is 0 Å². The van der Waals surface area contributed by atoms with E-state index in [2.05, 4.69) is 88.7 Å². The molecule has 0 atom stereocenters. The molecule has 3 rings (SSSR count). The third-order valence-electron chi connectivity index (χ3n) is 5.78. The van der Waals surface area contributed by atoms with Gasteiger partial charge in [0.15, 0.2) is 0 Å². The van der Waals surface area contributed by atoms with Crippen LogP contribution in [-0.4, -0.2) is 20.0 Å². The lowest BCUT2D eigenvalue weighted by Gasteiger charge is -2.38. The number of allylic oxidation sites excluding steroid dienone is 2. The first kappa shape index (κ1) is 30.5. The second kappa shape index (κ2) is 15.4. The van der Waals surface area contributed by atoms with Crippen molar-refractivity contribution in [1.82, 2.24) is 5.32 Å². The van der Waals surface area contributed by atoms with E-state index in [1.165, 1.54) is 29.6 Å². The summed E-state index contributed by atoms with van der Waals surface area (Å²) in [5.41, 5.74) is 7.30. The largest absolute Gasteiger partial charge is 0.496 e. The molecular weight excluding hydrogens is 406 g/mol. The molecule has 1 saturated carbocycles. The fourth-order valence-electron chi connectivity index (χ4n) is 3.91. The molecule has 4 heteroatoms. The highest BCUT2D eigenvalue weighted by molar-refractivity contribution is 6.11. The predicted octanol–water partition coefficient (Wildman–Crippen LogP) is 8.47. The Kier molecular flexibility index (Phi) is 14.2. The second-order valence-corrected chi connectivity index (χ2v) is 8.30. The van der Waals surface area contributed by atoms with E-state index in [0.29, 0.717) is 0 Å². The molecule has 0 radical (unpaired) electrons. The fourth-order valence-corrected chi connectivity index (χ4v) is 3.91. The Morgan fingerprint density at radius 1 is 1.15 bits per heavy atom. The van der Waals surface area contributed by atoms with Crippen LogP contribution < -0.4 is 15.4 Å². The van der Waals surface area contributed by atoms with Crippen molar-refractivity contribution in [3.8, 4) is 5.75 Å². The molecule has 33 heavy (non-hydrogen) atoms. The third kappa shape index (κ3) is 6.99. The summed E-state index contributed by atoms with van der Waals surface area (Å²) in [6.45, 7) is 22.8. The second-order valence-electron chi connectivity index (χ2n) is 8.30. The SMILES string of the molecule is C=C.CC.CC/C(C)=C/NC(=C(C)C)c1cc2c(cc1OC)C1(CCC1)C(=NC)N2.CCC. The zero-order valence-electron chi connectivity index (χ0n) is 23.0. The molecule has 2 N–H and O–H groups in total. The summed E-state index contributed by atoms with van der Waals surface area (Å²) in [6.07, 6.45) is 7.95. The Hall–Kier alpha value is -2.49. The van der Waals surface area contributed by atoms with Crippen molar-refractivity contribution < 1.29 is 4.74 Å². The van der Waals surface area contributed by atoms with Gasteiger partial charge in [0.05, 0.1) is 12.5 Å². The average molecular weight is 456 g/mol. The monoisotopic (exact) mass is 455 g/mol. The molecule has 1 fully saturated rings. The maximum absolute atomic E-state index is 5.80. The smallest absolute Gasteiger partial charge is 0.128 e. The molecule has 0 aromatic heterocycles. The number of aliphatic imine (C=N–C) groups is 1. The van der Waals surface area contributed by atoms with Gasteiger partial charge in [0, 0.05) is 24.0 Å². The van der Waals surface area contributed by atoms with Crippen LogP contribution in [0.3, 0.4) is 0 Å². The molecule has 0 saturated heterocycles. The molecule has 186 valence electrons. The number of hydrogen-bond donors (Lipinski definition) is 2. The van der Waals surface area contributed by atoms with Gasteiger partial charge in [-0.15, -0.1) is 13.2 Å². The van der Waals surface area contributed by atoms with Crippen molar-refractivity contribution in [1.29, 1.82) is 0 Å². The highest BCUT2D eigenvalue weighted by Gasteiger charge is 2.49. The molecule has 2 aliphatic rings. The first-order valence-electron chi connectivity index (χ1n) is 12.4. The molecule has 1 heterocycles. The first-order chi connectivity index (χ1) is 15.9. The van der Waals surface area contributed by atoms with E-state index >= 15 is 0 Å². The summed E-state index contributed by atoms with van der Waals surface area (Å²) in [5, 5.41) is 7.07. The molecule has 1 aliphatic heterocycles. The Balaban J connectivity index is 0.00000132. The van der Waals surface area contributed by atoms with Crippen molar-refractivity contribution in [3.63, 3.8) is 0 Å². The van der Waals surface area contributed by atoms with Crippen LogP contribution in [0.2, 0.25) is 0 Å². The van der Waals surface area contributed by atoms with Gasteiger partial charge in [-0.2, -0.15) is 0 Å². The summed E-state index contributed by atoms with van der Waals surface area (Å²) >= 11 is 0. The van der Waals surface area contributed by atoms with Crippen LogP contribution >= 0.6 is 0 Å². The molecule has 0 unspecified atom stereocenters. The fraction of sp³-hybridized carbons (Fsp3) is 0.552. The predicted molar refractivity (Wildman–Crippen MR) is 150 cm³/mol. The number of anilines is 1. The van der Waals surface area contributed by atoms with Crippen LogP contribution in [-0.2, 0) is 5.41 Å². The van der Waals surface area contributed by atoms with E-state index in [4.69, 9.17) is 4.74 Å². The number of nitrogens with zero attached hydrogens (tertiary/aromatic N) is 1. The normalized spacial score (nSPS) is 15.8. The van der Waals surface area contributed by atoms with Crippen molar-refractivity contribution in [2.75, 3.05) is 19.5 Å². The van der Waals surface area contributed by atoms with Gasteiger partial charge in [-0.1, -0.05) is 58.6 Å². The van der Waals surface area contributed by atoms with Crippen LogP contribution in [0.15, 0.2) is 47.6 Å². The number of benzene rings is 1. The van der Waals surface area contributed by atoms with Gasteiger partial charge in [0.1, 0.15) is 11.6 Å². The Morgan fingerprint density at radius 3 is 2.12 bits per heavy atom. The summed E-state index contributed by atoms with van der Waals surface area (Å²) in [4.78, 5) is 4.54. The zero-order chi connectivity index (χ0) is 25.6. The molecule has 1 aromatic rings. The van der Waals surface area contributed by atoms with Crippen LogP contribution in [0.5, 0.6) is 5.75 Å². The van der Waals surface area contributed by atoms with Gasteiger partial charge in [0.2, 0.25) is 0 Å². The van der Waals surface area contributed by atoms with Gasteiger partial charge < -0.3 is 15.4 Å². The third-order valence-corrected chi connectivity index (χ3v) is 5.78. The number of methoxy groups -OCH3 is 1. The summed E-state index contributed by atoms with van der Waals surface area (Å²) in [7, 11) is 3.64. The lowest BCUT2D eigenvalue weighted by molar-refractivity contribution is 0.344. The van der Waals surface area contributed by atoms with E-state index in [1.54, 1.807) is 7.11 Å². The Labute approximate surface area is 204 Å². The van der Waals surface area contributed by atoms with E-state index in [9.17, 15) is 0 Å². The maximum atomic E-state index is 5.80. The number of fused-ring (bicyclic) bond motifs is 2. The highest BCUT2D eigenvalue weighted by Crippen LogP contribution is 2.53. The summed E-state index contributed by atoms with van der Waals surface area (Å²) < 4.78 is 5.80. The van der Waals surface area contributed by atoms with Gasteiger partial charge in [0.25, 0.3) is 0 Å². The van der Waals surface area contributed by atoms with Crippen LogP contribution in [0.25, 0.3) is 5.70 Å². The van der Waals surface area contributed by atoms with Gasteiger partial charge in [-0.25, -0.2) is 0 Å². The number of ether oxygens (including phenoxy) is 1. The lowest BCUT2D eigenvalue weighted by atomic mass is 9.65. The molecular formula is C29H49N3O. The molecule has 1 spiro atoms. The van der Waals surface area contributed by atoms with Gasteiger partial charge in [-0.3, -0.25) is 4.99 Å². The first-order valence-corrected chi connectivity index (χ1v) is 12.4. The number of nitrogens with one attached hydrogen (secondary N) is 2. The quantitative estimate of drug-likeness (QED) is 0.438. The van der Waals surface area contributed by atoms with Crippen molar-refractivity contribution in [2.24, 2.45) is 4.99 Å². The molecule has 0 amide bonds. The Bertz CT molecular complexity index is 826.